The van der Waals surface area contributed by atoms with Gasteiger partial charge in [-0.25, -0.2) is 4.98 Å². The number of benzene rings is 1. The number of furan rings is 1. The number of aryl methyl sites for hydroxylation is 1. The normalized spacial score (nSPS) is 11.0. The van der Waals surface area contributed by atoms with E-state index < -0.39 is 0 Å². The summed E-state index contributed by atoms with van der Waals surface area (Å²) in [5.74, 6) is 1.83. The number of anilines is 1. The molecular formula is C14H15N3O. The second kappa shape index (κ2) is 4.22. The van der Waals surface area contributed by atoms with E-state index in [-0.39, 0.29) is 0 Å². The van der Waals surface area contributed by atoms with Gasteiger partial charge in [0.25, 0.3) is 0 Å². The molecule has 4 heteroatoms. The summed E-state index contributed by atoms with van der Waals surface area (Å²) in [4.78, 5) is 9.96. The molecular weight excluding hydrogens is 226 g/mol. The van der Waals surface area contributed by atoms with Gasteiger partial charge in [0.15, 0.2) is 0 Å². The van der Waals surface area contributed by atoms with Crippen molar-refractivity contribution < 1.29 is 4.42 Å². The van der Waals surface area contributed by atoms with Crippen molar-refractivity contribution in [1.82, 2.24) is 9.97 Å². The molecule has 0 radical (unpaired) electrons. The van der Waals surface area contributed by atoms with Gasteiger partial charge in [0, 0.05) is 19.2 Å². The van der Waals surface area contributed by atoms with Gasteiger partial charge in [-0.15, -0.1) is 0 Å². The van der Waals surface area contributed by atoms with Gasteiger partial charge >= 0.3 is 0 Å². The van der Waals surface area contributed by atoms with Gasteiger partial charge in [0.2, 0.25) is 5.95 Å². The molecule has 0 amide bonds. The van der Waals surface area contributed by atoms with Crippen molar-refractivity contribution in [2.45, 2.75) is 13.5 Å². The van der Waals surface area contributed by atoms with Crippen LogP contribution in [0.3, 0.4) is 0 Å². The largest absolute Gasteiger partial charge is 0.469 e. The molecule has 0 bridgehead atoms. The van der Waals surface area contributed by atoms with Gasteiger partial charge in [-0.05, 0) is 25.1 Å². The minimum atomic E-state index is 0.780. The molecule has 18 heavy (non-hydrogen) atoms. The van der Waals surface area contributed by atoms with E-state index in [2.05, 4.69) is 14.9 Å². The topological polar surface area (TPSA) is 45.1 Å². The minimum Gasteiger partial charge on any atom is -0.469 e. The van der Waals surface area contributed by atoms with Crippen molar-refractivity contribution in [3.05, 3.63) is 47.9 Å². The Morgan fingerprint density at radius 3 is 2.83 bits per heavy atom. The third kappa shape index (κ3) is 1.86. The summed E-state index contributed by atoms with van der Waals surface area (Å²) in [5.41, 5.74) is 3.23. The molecule has 3 rings (SSSR count). The van der Waals surface area contributed by atoms with Crippen LogP contribution in [0.1, 0.15) is 11.3 Å². The second-order valence-corrected chi connectivity index (χ2v) is 4.44. The number of hydrogen-bond acceptors (Lipinski definition) is 3. The second-order valence-electron chi connectivity index (χ2n) is 4.44. The Morgan fingerprint density at radius 1 is 1.28 bits per heavy atom. The molecule has 0 saturated carbocycles. The number of imidazole rings is 1. The summed E-state index contributed by atoms with van der Waals surface area (Å²) < 4.78 is 5.30. The van der Waals surface area contributed by atoms with Crippen molar-refractivity contribution >= 4 is 17.0 Å². The number of hydrogen-bond donors (Lipinski definition) is 1. The fourth-order valence-electron chi connectivity index (χ4n) is 2.03. The van der Waals surface area contributed by atoms with Crippen LogP contribution in [0.4, 0.5) is 5.95 Å². The van der Waals surface area contributed by atoms with Crippen molar-refractivity contribution in [2.24, 2.45) is 0 Å². The summed E-state index contributed by atoms with van der Waals surface area (Å²) in [5, 5.41) is 0. The molecule has 1 N–H and O–H groups in total. The molecule has 3 aromatic rings. The van der Waals surface area contributed by atoms with E-state index >= 15 is 0 Å². The van der Waals surface area contributed by atoms with Crippen LogP contribution in [0.15, 0.2) is 41.0 Å². The van der Waals surface area contributed by atoms with Crippen LogP contribution in [-0.2, 0) is 6.54 Å². The minimum absolute atomic E-state index is 0.780. The number of fused-ring (bicyclic) bond motifs is 1. The van der Waals surface area contributed by atoms with Crippen molar-refractivity contribution in [3.8, 4) is 0 Å². The van der Waals surface area contributed by atoms with Gasteiger partial charge in [-0.2, -0.15) is 0 Å². The molecule has 0 spiro atoms. The lowest BCUT2D eigenvalue weighted by atomic mass is 10.2. The lowest BCUT2D eigenvalue weighted by Crippen LogP contribution is -2.17. The monoisotopic (exact) mass is 241 g/mol. The summed E-state index contributed by atoms with van der Waals surface area (Å²) in [6, 6.07) is 10.0. The number of para-hydroxylation sites is 2. The number of nitrogens with zero attached hydrogens (tertiary/aromatic N) is 2. The van der Waals surface area contributed by atoms with E-state index in [1.165, 1.54) is 5.56 Å². The first-order valence-electron chi connectivity index (χ1n) is 5.93. The van der Waals surface area contributed by atoms with E-state index in [1.807, 2.05) is 44.3 Å². The van der Waals surface area contributed by atoms with E-state index in [0.717, 1.165) is 29.3 Å². The molecule has 0 aliphatic rings. The zero-order valence-electron chi connectivity index (χ0n) is 10.5. The Balaban J connectivity index is 1.88. The van der Waals surface area contributed by atoms with Crippen LogP contribution in [0.5, 0.6) is 0 Å². The lowest BCUT2D eigenvalue weighted by Gasteiger charge is -2.14. The number of rotatable bonds is 3. The molecule has 0 aliphatic carbocycles. The third-order valence-electron chi connectivity index (χ3n) is 3.11. The summed E-state index contributed by atoms with van der Waals surface area (Å²) >= 11 is 0. The molecule has 1 aromatic carbocycles. The number of aromatic nitrogens is 2. The smallest absolute Gasteiger partial charge is 0.203 e. The van der Waals surface area contributed by atoms with Gasteiger partial charge in [-0.1, -0.05) is 12.1 Å². The lowest BCUT2D eigenvalue weighted by molar-refractivity contribution is 0.529. The summed E-state index contributed by atoms with van der Waals surface area (Å²) in [7, 11) is 2.02. The fourth-order valence-corrected chi connectivity index (χ4v) is 2.03. The van der Waals surface area contributed by atoms with E-state index in [4.69, 9.17) is 4.42 Å². The van der Waals surface area contributed by atoms with Gasteiger partial charge < -0.3 is 14.3 Å². The highest BCUT2D eigenvalue weighted by Gasteiger charge is 2.10. The van der Waals surface area contributed by atoms with Crippen LogP contribution in [-0.4, -0.2) is 17.0 Å². The number of nitrogens with one attached hydrogen (secondary N) is 1. The maximum absolute atomic E-state index is 5.30. The van der Waals surface area contributed by atoms with Crippen LogP contribution in [0.2, 0.25) is 0 Å². The molecule has 0 unspecified atom stereocenters. The average molecular weight is 241 g/mol. The summed E-state index contributed by atoms with van der Waals surface area (Å²) in [6.45, 7) is 2.75. The molecule has 0 fully saturated rings. The van der Waals surface area contributed by atoms with Crippen LogP contribution in [0.25, 0.3) is 11.0 Å². The van der Waals surface area contributed by atoms with Gasteiger partial charge in [0.1, 0.15) is 5.76 Å². The van der Waals surface area contributed by atoms with Crippen molar-refractivity contribution in [3.63, 3.8) is 0 Å². The predicted molar refractivity (Wildman–Crippen MR) is 71.6 cm³/mol. The standard InChI is InChI=1S/C14H15N3O/c1-10-11(7-8-18-10)9-17(2)14-15-12-5-3-4-6-13(12)16-14/h3-8H,9H2,1-2H3,(H,15,16). The SMILES string of the molecule is Cc1occc1CN(C)c1nc2ccccc2[nH]1. The maximum atomic E-state index is 5.30. The van der Waals surface area contributed by atoms with E-state index in [1.54, 1.807) is 6.26 Å². The molecule has 0 aliphatic heterocycles. The Bertz CT molecular complexity index is 635. The van der Waals surface area contributed by atoms with Crippen LogP contribution < -0.4 is 4.90 Å². The molecule has 4 nitrogen and oxygen atoms in total. The quantitative estimate of drug-likeness (QED) is 0.766. The molecule has 2 heterocycles. The molecule has 0 saturated heterocycles. The van der Waals surface area contributed by atoms with E-state index in [9.17, 15) is 0 Å². The van der Waals surface area contributed by atoms with Crippen LogP contribution >= 0.6 is 0 Å². The van der Waals surface area contributed by atoms with Crippen LogP contribution in [0, 0.1) is 6.92 Å². The first-order valence-corrected chi connectivity index (χ1v) is 5.93. The Labute approximate surface area is 105 Å². The third-order valence-corrected chi connectivity index (χ3v) is 3.11. The van der Waals surface area contributed by atoms with Gasteiger partial charge in [0.05, 0.1) is 17.3 Å². The highest BCUT2D eigenvalue weighted by Crippen LogP contribution is 2.19. The van der Waals surface area contributed by atoms with Crippen molar-refractivity contribution in [1.29, 1.82) is 0 Å². The molecule has 92 valence electrons. The first-order chi connectivity index (χ1) is 8.74. The zero-order chi connectivity index (χ0) is 12.5. The van der Waals surface area contributed by atoms with Gasteiger partial charge in [-0.3, -0.25) is 0 Å². The Kier molecular flexibility index (Phi) is 2.55. The number of H-pyrrole nitrogens is 1. The van der Waals surface area contributed by atoms with E-state index in [0.29, 0.717) is 0 Å². The highest BCUT2D eigenvalue weighted by molar-refractivity contribution is 5.77. The fraction of sp³-hybridized carbons (Fsp3) is 0.214. The maximum Gasteiger partial charge on any atom is 0.203 e. The predicted octanol–water partition coefficient (Wildman–Crippen LogP) is 3.10. The number of aromatic amines is 1. The highest BCUT2D eigenvalue weighted by atomic mass is 16.3. The molecule has 2 aromatic heterocycles. The Morgan fingerprint density at radius 2 is 2.11 bits per heavy atom. The summed E-state index contributed by atoms with van der Waals surface area (Å²) in [6.07, 6.45) is 1.72. The average Bonchev–Trinajstić information content (AvgIpc) is 2.96. The Hall–Kier alpha value is -2.23. The molecule has 0 atom stereocenters. The zero-order valence-corrected chi connectivity index (χ0v) is 10.5. The van der Waals surface area contributed by atoms with Crippen molar-refractivity contribution in [2.75, 3.05) is 11.9 Å². The first kappa shape index (κ1) is 10.9.